The normalized spacial score (nSPS) is 23.9. The molecule has 1 aromatic heterocycles. The summed E-state index contributed by atoms with van der Waals surface area (Å²) in [5.74, 6) is 2.25. The Kier molecular flexibility index (Phi) is 4.67. The van der Waals surface area contributed by atoms with Crippen molar-refractivity contribution in [1.29, 1.82) is 0 Å². The molecule has 4 nitrogen and oxygen atoms in total. The number of nitrogens with zero attached hydrogens (tertiary/aromatic N) is 2. The first-order valence-corrected chi connectivity index (χ1v) is 8.32. The third kappa shape index (κ3) is 4.09. The maximum absolute atomic E-state index is 6.07. The number of aryl methyl sites for hydroxylation is 1. The molecule has 1 saturated carbocycles. The van der Waals surface area contributed by atoms with Gasteiger partial charge in [-0.3, -0.25) is 4.90 Å². The molecule has 1 aromatic rings. The summed E-state index contributed by atoms with van der Waals surface area (Å²) in [6, 6.07) is 3.65. The molecule has 1 atom stereocenters. The summed E-state index contributed by atoms with van der Waals surface area (Å²) in [7, 11) is 4.37. The zero-order chi connectivity index (χ0) is 14.8. The van der Waals surface area contributed by atoms with Crippen molar-refractivity contribution >= 4 is 0 Å². The van der Waals surface area contributed by atoms with E-state index < -0.39 is 0 Å². The highest BCUT2D eigenvalue weighted by molar-refractivity contribution is 5.20. The fourth-order valence-electron chi connectivity index (χ4n) is 3.18. The lowest BCUT2D eigenvalue weighted by Crippen LogP contribution is -2.44. The van der Waals surface area contributed by atoms with E-state index in [1.165, 1.54) is 37.8 Å². The van der Waals surface area contributed by atoms with Crippen LogP contribution in [0, 0.1) is 6.92 Å². The molecule has 0 spiro atoms. The van der Waals surface area contributed by atoms with Gasteiger partial charge in [-0.2, -0.15) is 0 Å². The lowest BCUT2D eigenvalue weighted by Gasteiger charge is -2.35. The Bertz CT molecular complexity index is 465. The van der Waals surface area contributed by atoms with Gasteiger partial charge in [-0.15, -0.1) is 0 Å². The van der Waals surface area contributed by atoms with Gasteiger partial charge in [-0.1, -0.05) is 0 Å². The van der Waals surface area contributed by atoms with Gasteiger partial charge in [-0.25, -0.2) is 0 Å². The average Bonchev–Trinajstić information content (AvgIpc) is 3.21. The van der Waals surface area contributed by atoms with Gasteiger partial charge in [0, 0.05) is 18.6 Å². The molecule has 0 bridgehead atoms. The predicted molar refractivity (Wildman–Crippen MR) is 85.3 cm³/mol. The number of nitrogens with one attached hydrogen (secondary N) is 1. The van der Waals surface area contributed by atoms with Crippen molar-refractivity contribution in [2.24, 2.45) is 0 Å². The van der Waals surface area contributed by atoms with Crippen LogP contribution in [0.2, 0.25) is 0 Å². The fraction of sp³-hybridized carbons (Fsp3) is 0.765. The highest BCUT2D eigenvalue weighted by Crippen LogP contribution is 2.22. The van der Waals surface area contributed by atoms with Crippen LogP contribution < -0.4 is 5.32 Å². The number of likely N-dealkylation sites (N-methyl/N-ethyl adjacent to an activating group) is 1. The molecule has 1 unspecified atom stereocenters. The van der Waals surface area contributed by atoms with E-state index in [2.05, 4.69) is 42.2 Å². The van der Waals surface area contributed by atoms with Crippen molar-refractivity contribution in [2.75, 3.05) is 27.2 Å². The summed E-state index contributed by atoms with van der Waals surface area (Å²) in [4.78, 5) is 4.88. The van der Waals surface area contributed by atoms with Crippen LogP contribution in [0.3, 0.4) is 0 Å². The zero-order valence-electron chi connectivity index (χ0n) is 13.7. The van der Waals surface area contributed by atoms with Crippen LogP contribution in [0.15, 0.2) is 10.5 Å². The minimum absolute atomic E-state index is 0.686. The van der Waals surface area contributed by atoms with E-state index in [1.54, 1.807) is 0 Å². The van der Waals surface area contributed by atoms with E-state index in [1.807, 2.05) is 0 Å². The smallest absolute Gasteiger partial charge is 0.120 e. The summed E-state index contributed by atoms with van der Waals surface area (Å²) in [5.41, 5.74) is 1.29. The Morgan fingerprint density at radius 2 is 2.14 bits per heavy atom. The molecule has 4 heteroatoms. The standard InChI is InChI=1S/C17H29N3O/c1-13-9-16(21-17(13)10-18-14-6-7-14)12-20-8-4-5-15(11-20)19(2)3/h9,14-15,18H,4-8,10-12H2,1-3H3. The maximum atomic E-state index is 6.07. The van der Waals surface area contributed by atoms with Crippen LogP contribution in [0.1, 0.15) is 42.8 Å². The lowest BCUT2D eigenvalue weighted by atomic mass is 10.0. The first kappa shape index (κ1) is 15.1. The van der Waals surface area contributed by atoms with Gasteiger partial charge in [0.1, 0.15) is 11.5 Å². The molecule has 0 aromatic carbocycles. The summed E-state index contributed by atoms with van der Waals surface area (Å²) >= 11 is 0. The van der Waals surface area contributed by atoms with E-state index in [9.17, 15) is 0 Å². The molecule has 0 radical (unpaired) electrons. The highest BCUT2D eigenvalue weighted by atomic mass is 16.3. The molecule has 1 aliphatic carbocycles. The fourth-order valence-corrected chi connectivity index (χ4v) is 3.18. The average molecular weight is 291 g/mol. The molecule has 2 aliphatic rings. The summed E-state index contributed by atoms with van der Waals surface area (Å²) in [5, 5.41) is 3.54. The van der Waals surface area contributed by atoms with Gasteiger partial charge in [0.2, 0.25) is 0 Å². The molecule has 1 saturated heterocycles. The number of piperidine rings is 1. The highest BCUT2D eigenvalue weighted by Gasteiger charge is 2.23. The molecular formula is C17H29N3O. The minimum Gasteiger partial charge on any atom is -0.463 e. The quantitative estimate of drug-likeness (QED) is 0.872. The number of likely N-dealkylation sites (tertiary alicyclic amines) is 1. The molecular weight excluding hydrogens is 262 g/mol. The van der Waals surface area contributed by atoms with Gasteiger partial charge >= 0.3 is 0 Å². The van der Waals surface area contributed by atoms with Crippen molar-refractivity contribution in [3.05, 3.63) is 23.2 Å². The van der Waals surface area contributed by atoms with Gasteiger partial charge in [-0.05, 0) is 64.9 Å². The Balaban J connectivity index is 1.55. The topological polar surface area (TPSA) is 31.6 Å². The lowest BCUT2D eigenvalue weighted by molar-refractivity contribution is 0.121. The molecule has 118 valence electrons. The van der Waals surface area contributed by atoms with Crippen molar-refractivity contribution < 1.29 is 4.42 Å². The summed E-state index contributed by atoms with van der Waals surface area (Å²) in [6.07, 6.45) is 5.26. The molecule has 21 heavy (non-hydrogen) atoms. The van der Waals surface area contributed by atoms with Crippen LogP contribution >= 0.6 is 0 Å². The van der Waals surface area contributed by atoms with E-state index in [0.29, 0.717) is 6.04 Å². The maximum Gasteiger partial charge on any atom is 0.120 e. The van der Waals surface area contributed by atoms with Gasteiger partial charge in [0.25, 0.3) is 0 Å². The predicted octanol–water partition coefficient (Wildman–Crippen LogP) is 2.37. The third-order valence-corrected chi connectivity index (χ3v) is 4.79. The monoisotopic (exact) mass is 291 g/mol. The first-order valence-electron chi connectivity index (χ1n) is 8.32. The van der Waals surface area contributed by atoms with E-state index in [4.69, 9.17) is 4.42 Å². The number of hydrogen-bond acceptors (Lipinski definition) is 4. The second-order valence-electron chi connectivity index (χ2n) is 6.97. The number of furan rings is 1. The van der Waals surface area contributed by atoms with E-state index >= 15 is 0 Å². The summed E-state index contributed by atoms with van der Waals surface area (Å²) < 4.78 is 6.07. The second kappa shape index (κ2) is 6.51. The second-order valence-corrected chi connectivity index (χ2v) is 6.97. The molecule has 1 aliphatic heterocycles. The Morgan fingerprint density at radius 1 is 1.33 bits per heavy atom. The largest absolute Gasteiger partial charge is 0.463 e. The van der Waals surface area contributed by atoms with Crippen molar-refractivity contribution in [3.8, 4) is 0 Å². The molecule has 0 amide bonds. The first-order chi connectivity index (χ1) is 10.1. The van der Waals surface area contributed by atoms with E-state index in [0.717, 1.165) is 37.2 Å². The van der Waals surface area contributed by atoms with Crippen molar-refractivity contribution in [3.63, 3.8) is 0 Å². The van der Waals surface area contributed by atoms with Gasteiger partial charge in [0.15, 0.2) is 0 Å². The van der Waals surface area contributed by atoms with Crippen LogP contribution in [0.4, 0.5) is 0 Å². The van der Waals surface area contributed by atoms with Crippen LogP contribution in [0.5, 0.6) is 0 Å². The van der Waals surface area contributed by atoms with Gasteiger partial charge in [0.05, 0.1) is 13.1 Å². The SMILES string of the molecule is Cc1cc(CN2CCCC(N(C)C)C2)oc1CNC1CC1. The van der Waals surface area contributed by atoms with Crippen molar-refractivity contribution in [1.82, 2.24) is 15.1 Å². The third-order valence-electron chi connectivity index (χ3n) is 4.79. The molecule has 3 rings (SSSR count). The Hall–Kier alpha value is -0.840. The Morgan fingerprint density at radius 3 is 2.86 bits per heavy atom. The molecule has 2 fully saturated rings. The van der Waals surface area contributed by atoms with E-state index in [-0.39, 0.29) is 0 Å². The van der Waals surface area contributed by atoms with Crippen molar-refractivity contribution in [2.45, 2.75) is 57.8 Å². The number of hydrogen-bond donors (Lipinski definition) is 1. The van der Waals surface area contributed by atoms with Gasteiger partial charge < -0.3 is 14.6 Å². The van der Waals surface area contributed by atoms with Crippen LogP contribution in [0.25, 0.3) is 0 Å². The summed E-state index contributed by atoms with van der Waals surface area (Å²) in [6.45, 7) is 6.35. The van der Waals surface area contributed by atoms with Crippen LogP contribution in [-0.4, -0.2) is 49.1 Å². The Labute approximate surface area is 128 Å². The molecule has 2 heterocycles. The zero-order valence-corrected chi connectivity index (χ0v) is 13.7. The minimum atomic E-state index is 0.686. The number of rotatable bonds is 6. The molecule has 1 N–H and O–H groups in total. The van der Waals surface area contributed by atoms with Crippen LogP contribution in [-0.2, 0) is 13.1 Å².